The molecule has 2 aliphatic heterocycles. The predicted molar refractivity (Wildman–Crippen MR) is 68.8 cm³/mol. The summed E-state index contributed by atoms with van der Waals surface area (Å²) in [4.78, 5) is 2.43. The van der Waals surface area contributed by atoms with Gasteiger partial charge in [-0.2, -0.15) is 0 Å². The van der Waals surface area contributed by atoms with E-state index in [1.165, 1.54) is 64.7 Å². The van der Waals surface area contributed by atoms with Gasteiger partial charge in [-0.3, -0.25) is 0 Å². The van der Waals surface area contributed by atoms with Crippen LogP contribution in [0.1, 0.15) is 38.5 Å². The van der Waals surface area contributed by atoms with E-state index in [0.29, 0.717) is 0 Å². The Morgan fingerprint density at radius 3 is 2.69 bits per heavy atom. The van der Waals surface area contributed by atoms with Crippen LogP contribution in [0.25, 0.3) is 0 Å². The van der Waals surface area contributed by atoms with Crippen molar-refractivity contribution in [1.29, 1.82) is 0 Å². The van der Waals surface area contributed by atoms with Gasteiger partial charge in [-0.05, 0) is 65.3 Å². The molecule has 2 N–H and O–H groups in total. The first-order valence-electron chi connectivity index (χ1n) is 7.00. The molecule has 0 radical (unpaired) electrons. The Kier molecular flexibility index (Phi) is 5.07. The van der Waals surface area contributed by atoms with E-state index in [2.05, 4.69) is 22.6 Å². The van der Waals surface area contributed by atoms with Gasteiger partial charge in [-0.15, -0.1) is 0 Å². The summed E-state index contributed by atoms with van der Waals surface area (Å²) in [5.41, 5.74) is 0. The molecule has 0 amide bonds. The standard InChI is InChI=1S/C13H27N3/c1-16-10-6-13(7-11-16)15-9-5-12-4-2-3-8-14-12/h12-15H,2-11H2,1H3. The van der Waals surface area contributed by atoms with E-state index in [9.17, 15) is 0 Å². The first-order chi connectivity index (χ1) is 7.84. The molecule has 2 rings (SSSR count). The molecule has 0 aromatic heterocycles. The molecule has 3 nitrogen and oxygen atoms in total. The van der Waals surface area contributed by atoms with E-state index >= 15 is 0 Å². The first-order valence-corrected chi connectivity index (χ1v) is 7.00. The lowest BCUT2D eigenvalue weighted by molar-refractivity contribution is 0.232. The molecule has 0 aliphatic carbocycles. The van der Waals surface area contributed by atoms with Crippen molar-refractivity contribution in [2.24, 2.45) is 0 Å². The van der Waals surface area contributed by atoms with Crippen LogP contribution in [-0.4, -0.2) is 50.2 Å². The molecule has 3 heteroatoms. The van der Waals surface area contributed by atoms with Crippen LogP contribution < -0.4 is 10.6 Å². The van der Waals surface area contributed by atoms with Crippen LogP contribution in [-0.2, 0) is 0 Å². The second kappa shape index (κ2) is 6.58. The first kappa shape index (κ1) is 12.3. The van der Waals surface area contributed by atoms with Crippen molar-refractivity contribution in [3.63, 3.8) is 0 Å². The summed E-state index contributed by atoms with van der Waals surface area (Å²) >= 11 is 0. The van der Waals surface area contributed by atoms with E-state index in [1.807, 2.05) is 0 Å². The highest BCUT2D eigenvalue weighted by atomic mass is 15.1. The molecule has 2 fully saturated rings. The van der Waals surface area contributed by atoms with Gasteiger partial charge in [0.2, 0.25) is 0 Å². The highest BCUT2D eigenvalue weighted by Gasteiger charge is 2.17. The highest BCUT2D eigenvalue weighted by molar-refractivity contribution is 4.78. The quantitative estimate of drug-likeness (QED) is 0.753. The molecule has 1 atom stereocenters. The molecule has 16 heavy (non-hydrogen) atoms. The molecule has 0 aromatic carbocycles. The largest absolute Gasteiger partial charge is 0.314 e. The molecule has 0 spiro atoms. The van der Waals surface area contributed by atoms with E-state index < -0.39 is 0 Å². The second-order valence-electron chi connectivity index (χ2n) is 5.47. The third-order valence-corrected chi connectivity index (χ3v) is 4.06. The van der Waals surface area contributed by atoms with Gasteiger partial charge in [-0.1, -0.05) is 6.42 Å². The van der Waals surface area contributed by atoms with Gasteiger partial charge in [0.05, 0.1) is 0 Å². The van der Waals surface area contributed by atoms with Crippen molar-refractivity contribution in [3.8, 4) is 0 Å². The monoisotopic (exact) mass is 225 g/mol. The number of rotatable bonds is 4. The number of piperidine rings is 2. The van der Waals surface area contributed by atoms with Gasteiger partial charge in [0.1, 0.15) is 0 Å². The normalized spacial score (nSPS) is 29.4. The minimum Gasteiger partial charge on any atom is -0.314 e. The fourth-order valence-corrected chi connectivity index (χ4v) is 2.84. The van der Waals surface area contributed by atoms with Crippen LogP contribution in [0.2, 0.25) is 0 Å². The molecule has 1 unspecified atom stereocenters. The Bertz CT molecular complexity index is 182. The lowest BCUT2D eigenvalue weighted by atomic mass is 10.0. The smallest absolute Gasteiger partial charge is 0.00914 e. The average molecular weight is 225 g/mol. The lowest BCUT2D eigenvalue weighted by Crippen LogP contribution is -2.43. The van der Waals surface area contributed by atoms with Crippen LogP contribution in [0.4, 0.5) is 0 Å². The molecule has 0 bridgehead atoms. The SMILES string of the molecule is CN1CCC(NCCC2CCCCN2)CC1. The van der Waals surface area contributed by atoms with Crippen LogP contribution in [0.3, 0.4) is 0 Å². The Hall–Kier alpha value is -0.120. The molecule has 94 valence electrons. The van der Waals surface area contributed by atoms with Gasteiger partial charge < -0.3 is 15.5 Å². The summed E-state index contributed by atoms with van der Waals surface area (Å²) in [6, 6.07) is 1.56. The van der Waals surface area contributed by atoms with Crippen molar-refractivity contribution in [1.82, 2.24) is 15.5 Å². The average Bonchev–Trinajstić information content (AvgIpc) is 2.33. The summed E-state index contributed by atoms with van der Waals surface area (Å²) in [5, 5.41) is 7.34. The number of hydrogen-bond acceptors (Lipinski definition) is 3. The van der Waals surface area contributed by atoms with Crippen LogP contribution in [0.15, 0.2) is 0 Å². The summed E-state index contributed by atoms with van der Waals surface area (Å²) in [7, 11) is 2.22. The van der Waals surface area contributed by atoms with Crippen LogP contribution >= 0.6 is 0 Å². The van der Waals surface area contributed by atoms with E-state index in [0.717, 1.165) is 12.1 Å². The zero-order valence-corrected chi connectivity index (χ0v) is 10.7. The summed E-state index contributed by atoms with van der Waals surface area (Å²) in [6.07, 6.45) is 8.15. The molecule has 2 saturated heterocycles. The van der Waals surface area contributed by atoms with Crippen LogP contribution in [0.5, 0.6) is 0 Å². The molecule has 0 aromatic rings. The highest BCUT2D eigenvalue weighted by Crippen LogP contribution is 2.11. The summed E-state index contributed by atoms with van der Waals surface area (Å²) in [6.45, 7) is 4.96. The molecule has 2 aliphatic rings. The summed E-state index contributed by atoms with van der Waals surface area (Å²) in [5.74, 6) is 0. The molecule has 2 heterocycles. The minimum atomic E-state index is 0.778. The Balaban J connectivity index is 1.53. The van der Waals surface area contributed by atoms with Crippen molar-refractivity contribution in [2.45, 2.75) is 50.6 Å². The van der Waals surface area contributed by atoms with Gasteiger partial charge >= 0.3 is 0 Å². The van der Waals surface area contributed by atoms with Gasteiger partial charge in [0.15, 0.2) is 0 Å². The topological polar surface area (TPSA) is 27.3 Å². The molecular weight excluding hydrogens is 198 g/mol. The van der Waals surface area contributed by atoms with Gasteiger partial charge in [-0.25, -0.2) is 0 Å². The fraction of sp³-hybridized carbons (Fsp3) is 1.00. The molecular formula is C13H27N3. The van der Waals surface area contributed by atoms with Gasteiger partial charge in [0, 0.05) is 12.1 Å². The maximum atomic E-state index is 3.72. The van der Waals surface area contributed by atoms with Gasteiger partial charge in [0.25, 0.3) is 0 Å². The third-order valence-electron chi connectivity index (χ3n) is 4.06. The Morgan fingerprint density at radius 2 is 2.00 bits per heavy atom. The lowest BCUT2D eigenvalue weighted by Gasteiger charge is -2.30. The van der Waals surface area contributed by atoms with E-state index in [1.54, 1.807) is 0 Å². The van der Waals surface area contributed by atoms with E-state index in [-0.39, 0.29) is 0 Å². The Morgan fingerprint density at radius 1 is 1.19 bits per heavy atom. The Labute approximate surface area is 100.0 Å². The van der Waals surface area contributed by atoms with Crippen molar-refractivity contribution in [2.75, 3.05) is 33.2 Å². The second-order valence-corrected chi connectivity index (χ2v) is 5.47. The van der Waals surface area contributed by atoms with Crippen molar-refractivity contribution < 1.29 is 0 Å². The fourth-order valence-electron chi connectivity index (χ4n) is 2.84. The minimum absolute atomic E-state index is 0.778. The number of hydrogen-bond donors (Lipinski definition) is 2. The van der Waals surface area contributed by atoms with E-state index in [4.69, 9.17) is 0 Å². The number of nitrogens with zero attached hydrogens (tertiary/aromatic N) is 1. The molecule has 0 saturated carbocycles. The van der Waals surface area contributed by atoms with Crippen molar-refractivity contribution >= 4 is 0 Å². The predicted octanol–water partition coefficient (Wildman–Crippen LogP) is 1.20. The maximum Gasteiger partial charge on any atom is 0.00914 e. The zero-order chi connectivity index (χ0) is 11.2. The zero-order valence-electron chi connectivity index (χ0n) is 10.7. The third kappa shape index (κ3) is 4.04. The van der Waals surface area contributed by atoms with Crippen molar-refractivity contribution in [3.05, 3.63) is 0 Å². The number of likely N-dealkylation sites (tertiary alicyclic amines) is 1. The summed E-state index contributed by atoms with van der Waals surface area (Å²) < 4.78 is 0. The maximum absolute atomic E-state index is 3.72. The van der Waals surface area contributed by atoms with Crippen LogP contribution in [0, 0.1) is 0 Å². The number of nitrogens with one attached hydrogen (secondary N) is 2.